The molecule has 1 N–H and O–H groups in total. The maximum atomic E-state index is 12.2. The Hall–Kier alpha value is -3.33. The fraction of sp³-hybridized carbons (Fsp3) is 0.318. The van der Waals surface area contributed by atoms with Crippen molar-refractivity contribution in [3.05, 3.63) is 65.7 Å². The fourth-order valence-corrected chi connectivity index (χ4v) is 2.65. The molecule has 0 spiro atoms. The maximum absolute atomic E-state index is 12.2. The third-order valence-corrected chi connectivity index (χ3v) is 4.09. The van der Waals surface area contributed by atoms with E-state index in [1.165, 1.54) is 0 Å². The number of hydrogen-bond donors (Lipinski definition) is 1. The Morgan fingerprint density at radius 2 is 1.79 bits per heavy atom. The molecule has 2 aromatic carbocycles. The molecular formula is C22H24N2O4. The van der Waals surface area contributed by atoms with E-state index >= 15 is 0 Å². The highest BCUT2D eigenvalue weighted by molar-refractivity contribution is 5.82. The average molecular weight is 380 g/mol. The van der Waals surface area contributed by atoms with E-state index in [0.717, 1.165) is 18.4 Å². The monoisotopic (exact) mass is 380 g/mol. The van der Waals surface area contributed by atoms with Gasteiger partial charge < -0.3 is 14.8 Å². The lowest BCUT2D eigenvalue weighted by molar-refractivity contribution is -0.154. The number of nitriles is 1. The summed E-state index contributed by atoms with van der Waals surface area (Å²) >= 11 is 0. The zero-order valence-electron chi connectivity index (χ0n) is 16.1. The van der Waals surface area contributed by atoms with Crippen LogP contribution in [0.1, 0.15) is 43.9 Å². The first-order chi connectivity index (χ1) is 13.5. The van der Waals surface area contributed by atoms with E-state index in [0.29, 0.717) is 11.3 Å². The smallest absolute Gasteiger partial charge is 0.347 e. The number of amides is 1. The van der Waals surface area contributed by atoms with E-state index < -0.39 is 12.1 Å². The van der Waals surface area contributed by atoms with Gasteiger partial charge in [0.05, 0.1) is 17.7 Å². The minimum Gasteiger partial charge on any atom is -0.479 e. The van der Waals surface area contributed by atoms with E-state index in [2.05, 4.69) is 5.32 Å². The number of benzene rings is 2. The lowest BCUT2D eigenvalue weighted by Crippen LogP contribution is -2.35. The van der Waals surface area contributed by atoms with Crippen LogP contribution in [-0.2, 0) is 14.3 Å². The van der Waals surface area contributed by atoms with E-state index in [1.54, 1.807) is 31.2 Å². The third-order valence-electron chi connectivity index (χ3n) is 4.09. The van der Waals surface area contributed by atoms with Crippen LogP contribution >= 0.6 is 0 Å². The molecule has 0 aliphatic rings. The number of hydrogen-bond acceptors (Lipinski definition) is 5. The Bertz CT molecular complexity index is 813. The number of carbonyl (C=O) groups excluding carboxylic acids is 2. The number of ether oxygens (including phenoxy) is 2. The van der Waals surface area contributed by atoms with Gasteiger partial charge in [0.25, 0.3) is 5.91 Å². The third kappa shape index (κ3) is 6.44. The topological polar surface area (TPSA) is 88.4 Å². The predicted molar refractivity (Wildman–Crippen MR) is 104 cm³/mol. The Morgan fingerprint density at radius 1 is 1.11 bits per heavy atom. The first-order valence-corrected chi connectivity index (χ1v) is 9.21. The van der Waals surface area contributed by atoms with E-state index in [4.69, 9.17) is 14.7 Å². The normalized spacial score (nSPS) is 12.3. The lowest BCUT2D eigenvalue weighted by Gasteiger charge is -2.19. The van der Waals surface area contributed by atoms with Gasteiger partial charge in [-0.1, -0.05) is 43.7 Å². The van der Waals surface area contributed by atoms with Crippen molar-refractivity contribution in [2.75, 3.05) is 6.61 Å². The maximum Gasteiger partial charge on any atom is 0.347 e. The van der Waals surface area contributed by atoms with Gasteiger partial charge >= 0.3 is 5.97 Å². The molecule has 1 amide bonds. The zero-order valence-corrected chi connectivity index (χ0v) is 16.1. The molecule has 6 nitrogen and oxygen atoms in total. The summed E-state index contributed by atoms with van der Waals surface area (Å²) < 4.78 is 10.6. The van der Waals surface area contributed by atoms with E-state index in [1.807, 2.05) is 43.3 Å². The molecule has 0 aromatic heterocycles. The molecule has 0 aliphatic heterocycles. The Kier molecular flexibility index (Phi) is 8.04. The van der Waals surface area contributed by atoms with Crippen molar-refractivity contribution >= 4 is 11.9 Å². The van der Waals surface area contributed by atoms with Gasteiger partial charge in [0.15, 0.2) is 12.7 Å². The lowest BCUT2D eigenvalue weighted by atomic mass is 10.0. The minimum atomic E-state index is -0.874. The van der Waals surface area contributed by atoms with Gasteiger partial charge in [-0.2, -0.15) is 5.26 Å². The van der Waals surface area contributed by atoms with Crippen molar-refractivity contribution in [2.45, 2.75) is 38.8 Å². The van der Waals surface area contributed by atoms with Gasteiger partial charge in [-0.3, -0.25) is 4.79 Å². The van der Waals surface area contributed by atoms with Crippen molar-refractivity contribution in [1.29, 1.82) is 5.26 Å². The van der Waals surface area contributed by atoms with Crippen molar-refractivity contribution in [3.63, 3.8) is 0 Å². The van der Waals surface area contributed by atoms with Gasteiger partial charge in [-0.05, 0) is 43.2 Å². The van der Waals surface area contributed by atoms with Gasteiger partial charge in [-0.15, -0.1) is 0 Å². The summed E-state index contributed by atoms with van der Waals surface area (Å²) in [7, 11) is 0. The predicted octanol–water partition coefficient (Wildman–Crippen LogP) is 3.53. The second-order valence-corrected chi connectivity index (χ2v) is 6.32. The molecule has 2 rings (SSSR count). The van der Waals surface area contributed by atoms with E-state index in [-0.39, 0.29) is 18.6 Å². The molecule has 0 heterocycles. The van der Waals surface area contributed by atoms with Crippen molar-refractivity contribution in [1.82, 2.24) is 5.32 Å². The van der Waals surface area contributed by atoms with Crippen molar-refractivity contribution in [3.8, 4) is 11.8 Å². The largest absolute Gasteiger partial charge is 0.479 e. The molecule has 146 valence electrons. The van der Waals surface area contributed by atoms with Crippen LogP contribution in [0.15, 0.2) is 54.6 Å². The SMILES string of the molecule is CCC[C@H](NC(=O)COC(=O)[C@H](C)Oc1ccc(C#N)cc1)c1ccccc1. The summed E-state index contributed by atoms with van der Waals surface area (Å²) in [6.45, 7) is 3.22. The van der Waals surface area contributed by atoms with Gasteiger partial charge in [-0.25, -0.2) is 4.79 Å². The van der Waals surface area contributed by atoms with Crippen LogP contribution in [0.5, 0.6) is 5.75 Å². The number of nitrogens with zero attached hydrogens (tertiary/aromatic N) is 1. The molecule has 0 radical (unpaired) electrons. The second-order valence-electron chi connectivity index (χ2n) is 6.32. The quantitative estimate of drug-likeness (QED) is 0.673. The Morgan fingerprint density at radius 3 is 2.39 bits per heavy atom. The van der Waals surface area contributed by atoms with Crippen LogP contribution in [0, 0.1) is 11.3 Å². The van der Waals surface area contributed by atoms with E-state index in [9.17, 15) is 9.59 Å². The summed E-state index contributed by atoms with van der Waals surface area (Å²) in [5.41, 5.74) is 1.51. The first kappa shape index (κ1) is 21.0. The van der Waals surface area contributed by atoms with Crippen LogP contribution in [0.2, 0.25) is 0 Å². The molecule has 0 unspecified atom stereocenters. The highest BCUT2D eigenvalue weighted by Gasteiger charge is 2.19. The summed E-state index contributed by atoms with van der Waals surface area (Å²) in [5.74, 6) is -0.549. The molecule has 0 aliphatic carbocycles. The Balaban J connectivity index is 1.83. The summed E-state index contributed by atoms with van der Waals surface area (Å²) in [4.78, 5) is 24.3. The molecule has 2 aromatic rings. The van der Waals surface area contributed by atoms with Crippen LogP contribution in [-0.4, -0.2) is 24.6 Å². The molecule has 2 atom stereocenters. The number of nitrogens with one attached hydrogen (secondary N) is 1. The minimum absolute atomic E-state index is 0.121. The summed E-state index contributed by atoms with van der Waals surface area (Å²) in [6.07, 6.45) is 0.832. The zero-order chi connectivity index (χ0) is 20.4. The summed E-state index contributed by atoms with van der Waals surface area (Å²) in [6, 6.07) is 18.0. The number of carbonyl (C=O) groups is 2. The van der Waals surface area contributed by atoms with Crippen LogP contribution < -0.4 is 10.1 Å². The summed E-state index contributed by atoms with van der Waals surface area (Å²) in [5, 5.41) is 11.7. The van der Waals surface area contributed by atoms with Crippen LogP contribution in [0.3, 0.4) is 0 Å². The van der Waals surface area contributed by atoms with Gasteiger partial charge in [0.1, 0.15) is 5.75 Å². The molecule has 28 heavy (non-hydrogen) atoms. The average Bonchev–Trinajstić information content (AvgIpc) is 2.72. The molecule has 0 bridgehead atoms. The highest BCUT2D eigenvalue weighted by atomic mass is 16.6. The molecular weight excluding hydrogens is 356 g/mol. The molecule has 0 fully saturated rings. The first-order valence-electron chi connectivity index (χ1n) is 9.21. The number of esters is 1. The standard InChI is InChI=1S/C22H24N2O4/c1-3-7-20(18-8-5-4-6-9-18)24-21(25)15-27-22(26)16(2)28-19-12-10-17(14-23)11-13-19/h4-6,8-13,16,20H,3,7,15H2,1-2H3,(H,24,25)/t16-,20-/m0/s1. The molecule has 6 heteroatoms. The van der Waals surface area contributed by atoms with Crippen LogP contribution in [0.4, 0.5) is 0 Å². The second kappa shape index (κ2) is 10.7. The van der Waals surface area contributed by atoms with Crippen molar-refractivity contribution < 1.29 is 19.1 Å². The Labute approximate surface area is 165 Å². The van der Waals surface area contributed by atoms with Crippen molar-refractivity contribution in [2.24, 2.45) is 0 Å². The van der Waals surface area contributed by atoms with Gasteiger partial charge in [0, 0.05) is 0 Å². The van der Waals surface area contributed by atoms with Crippen LogP contribution in [0.25, 0.3) is 0 Å². The highest BCUT2D eigenvalue weighted by Crippen LogP contribution is 2.18. The fourth-order valence-electron chi connectivity index (χ4n) is 2.65. The molecule has 0 saturated heterocycles. The van der Waals surface area contributed by atoms with Gasteiger partial charge in [0.2, 0.25) is 0 Å². The number of rotatable bonds is 9. The molecule has 0 saturated carbocycles.